The van der Waals surface area contributed by atoms with Crippen LogP contribution in [-0.4, -0.2) is 6.04 Å². The molecule has 0 fully saturated rings. The molecule has 0 radical (unpaired) electrons. The van der Waals surface area contributed by atoms with Crippen LogP contribution in [0.4, 0.5) is 4.39 Å². The maximum atomic E-state index is 13.1. The van der Waals surface area contributed by atoms with Crippen LogP contribution < -0.4 is 5.32 Å². The van der Waals surface area contributed by atoms with Crippen LogP contribution in [0.3, 0.4) is 0 Å². The van der Waals surface area contributed by atoms with Gasteiger partial charge in [0.05, 0.1) is 11.6 Å². The number of halogens is 1. The predicted octanol–water partition coefficient (Wildman–Crippen LogP) is 3.37. The summed E-state index contributed by atoms with van der Waals surface area (Å²) >= 11 is 0. The summed E-state index contributed by atoms with van der Waals surface area (Å²) in [5.74, 6) is -0.288. The Morgan fingerprint density at radius 3 is 2.76 bits per heavy atom. The molecule has 0 aromatic heterocycles. The molecule has 0 aliphatic carbocycles. The van der Waals surface area contributed by atoms with Gasteiger partial charge in [-0.25, -0.2) is 4.39 Å². The van der Waals surface area contributed by atoms with Crippen molar-refractivity contribution in [1.82, 2.24) is 5.32 Å². The molecule has 1 aromatic rings. The standard InChI is InChI=1S/C14H19FN2/c1-3-5-14(4-2)17-10-12-8-13(15)7-6-11(12)9-16/h6-8,14,17H,3-5,10H2,1-2H3. The first kappa shape index (κ1) is 13.7. The van der Waals surface area contributed by atoms with Gasteiger partial charge in [0.2, 0.25) is 0 Å². The third-order valence-corrected chi connectivity index (χ3v) is 2.90. The second-order valence-electron chi connectivity index (χ2n) is 4.19. The minimum absolute atomic E-state index is 0.288. The number of nitriles is 1. The van der Waals surface area contributed by atoms with Crippen molar-refractivity contribution in [3.05, 3.63) is 35.1 Å². The maximum Gasteiger partial charge on any atom is 0.123 e. The van der Waals surface area contributed by atoms with Crippen molar-refractivity contribution in [2.45, 2.75) is 45.7 Å². The molecule has 0 bridgehead atoms. The molecule has 0 amide bonds. The van der Waals surface area contributed by atoms with E-state index in [0.29, 0.717) is 18.2 Å². The van der Waals surface area contributed by atoms with E-state index in [1.54, 1.807) is 0 Å². The molecule has 17 heavy (non-hydrogen) atoms. The van der Waals surface area contributed by atoms with Crippen molar-refractivity contribution in [1.29, 1.82) is 5.26 Å². The Bertz CT molecular complexity index is 396. The molecule has 0 heterocycles. The fraction of sp³-hybridized carbons (Fsp3) is 0.500. The average molecular weight is 234 g/mol. The van der Waals surface area contributed by atoms with Crippen LogP contribution in [0.2, 0.25) is 0 Å². The Hall–Kier alpha value is -1.40. The van der Waals surface area contributed by atoms with E-state index in [1.165, 1.54) is 18.2 Å². The fourth-order valence-corrected chi connectivity index (χ4v) is 1.87. The predicted molar refractivity (Wildman–Crippen MR) is 66.9 cm³/mol. The molecule has 0 saturated carbocycles. The zero-order valence-corrected chi connectivity index (χ0v) is 10.5. The lowest BCUT2D eigenvalue weighted by atomic mass is 10.1. The highest BCUT2D eigenvalue weighted by Gasteiger charge is 2.07. The van der Waals surface area contributed by atoms with Crippen LogP contribution in [-0.2, 0) is 6.54 Å². The van der Waals surface area contributed by atoms with Gasteiger partial charge in [0.15, 0.2) is 0 Å². The molecule has 1 N–H and O–H groups in total. The summed E-state index contributed by atoms with van der Waals surface area (Å²) < 4.78 is 13.1. The van der Waals surface area contributed by atoms with Gasteiger partial charge in [-0.15, -0.1) is 0 Å². The quantitative estimate of drug-likeness (QED) is 0.819. The second-order valence-corrected chi connectivity index (χ2v) is 4.19. The lowest BCUT2D eigenvalue weighted by Crippen LogP contribution is -2.28. The van der Waals surface area contributed by atoms with Gasteiger partial charge in [-0.3, -0.25) is 0 Å². The lowest BCUT2D eigenvalue weighted by molar-refractivity contribution is 0.461. The van der Waals surface area contributed by atoms with Gasteiger partial charge in [-0.05, 0) is 36.6 Å². The molecule has 1 rings (SSSR count). The van der Waals surface area contributed by atoms with Crippen LogP contribution in [0.1, 0.15) is 44.2 Å². The van der Waals surface area contributed by atoms with Gasteiger partial charge in [-0.2, -0.15) is 5.26 Å². The minimum atomic E-state index is -0.288. The average Bonchev–Trinajstić information content (AvgIpc) is 2.34. The summed E-state index contributed by atoms with van der Waals surface area (Å²) in [5.41, 5.74) is 1.28. The molecular weight excluding hydrogens is 215 g/mol. The van der Waals surface area contributed by atoms with Gasteiger partial charge in [-0.1, -0.05) is 20.3 Å². The number of hydrogen-bond donors (Lipinski definition) is 1. The zero-order valence-electron chi connectivity index (χ0n) is 10.5. The minimum Gasteiger partial charge on any atom is -0.310 e. The van der Waals surface area contributed by atoms with Crippen molar-refractivity contribution in [3.63, 3.8) is 0 Å². The molecule has 0 saturated heterocycles. The van der Waals surface area contributed by atoms with E-state index in [4.69, 9.17) is 5.26 Å². The highest BCUT2D eigenvalue weighted by molar-refractivity contribution is 5.37. The maximum absolute atomic E-state index is 13.1. The highest BCUT2D eigenvalue weighted by atomic mass is 19.1. The number of nitrogens with one attached hydrogen (secondary N) is 1. The van der Waals surface area contributed by atoms with Crippen LogP contribution in [0.25, 0.3) is 0 Å². The van der Waals surface area contributed by atoms with Crippen molar-refractivity contribution in [3.8, 4) is 6.07 Å². The first-order valence-corrected chi connectivity index (χ1v) is 6.13. The van der Waals surface area contributed by atoms with E-state index in [9.17, 15) is 4.39 Å². The molecule has 0 aliphatic rings. The molecule has 1 unspecified atom stereocenters. The molecule has 3 heteroatoms. The first-order valence-electron chi connectivity index (χ1n) is 6.13. The highest BCUT2D eigenvalue weighted by Crippen LogP contribution is 2.11. The Morgan fingerprint density at radius 1 is 1.41 bits per heavy atom. The summed E-state index contributed by atoms with van der Waals surface area (Å²) in [7, 11) is 0. The second kappa shape index (κ2) is 7.03. The van der Waals surface area contributed by atoms with Gasteiger partial charge in [0.1, 0.15) is 5.82 Å². The summed E-state index contributed by atoms with van der Waals surface area (Å²) in [6.07, 6.45) is 3.28. The topological polar surface area (TPSA) is 35.8 Å². The van der Waals surface area contributed by atoms with E-state index in [1.807, 2.05) is 0 Å². The van der Waals surface area contributed by atoms with Crippen LogP contribution in [0.5, 0.6) is 0 Å². The van der Waals surface area contributed by atoms with E-state index < -0.39 is 0 Å². The summed E-state index contributed by atoms with van der Waals surface area (Å²) in [6, 6.07) is 6.82. The zero-order chi connectivity index (χ0) is 12.7. The summed E-state index contributed by atoms with van der Waals surface area (Å²) in [5, 5.41) is 12.3. The van der Waals surface area contributed by atoms with Crippen molar-refractivity contribution in [2.75, 3.05) is 0 Å². The lowest BCUT2D eigenvalue weighted by Gasteiger charge is -2.16. The third-order valence-electron chi connectivity index (χ3n) is 2.90. The number of hydrogen-bond acceptors (Lipinski definition) is 2. The van der Waals surface area contributed by atoms with Crippen molar-refractivity contribution >= 4 is 0 Å². The first-order chi connectivity index (χ1) is 8.21. The Labute approximate surface area is 102 Å². The number of nitrogens with zero attached hydrogens (tertiary/aromatic N) is 1. The van der Waals surface area contributed by atoms with Gasteiger partial charge in [0, 0.05) is 12.6 Å². The smallest absolute Gasteiger partial charge is 0.123 e. The molecule has 1 aromatic carbocycles. The Morgan fingerprint density at radius 2 is 2.18 bits per heavy atom. The van der Waals surface area contributed by atoms with E-state index in [2.05, 4.69) is 25.2 Å². The molecule has 0 aliphatic heterocycles. The van der Waals surface area contributed by atoms with Crippen LogP contribution >= 0.6 is 0 Å². The normalized spacial score (nSPS) is 12.1. The summed E-state index contributed by atoms with van der Waals surface area (Å²) in [4.78, 5) is 0. The molecule has 0 spiro atoms. The van der Waals surface area contributed by atoms with Gasteiger partial charge >= 0.3 is 0 Å². The van der Waals surface area contributed by atoms with E-state index in [0.717, 1.165) is 24.8 Å². The van der Waals surface area contributed by atoms with Gasteiger partial charge in [0.25, 0.3) is 0 Å². The van der Waals surface area contributed by atoms with Crippen molar-refractivity contribution in [2.24, 2.45) is 0 Å². The third kappa shape index (κ3) is 4.16. The monoisotopic (exact) mass is 234 g/mol. The molecule has 1 atom stereocenters. The number of rotatable bonds is 6. The van der Waals surface area contributed by atoms with E-state index >= 15 is 0 Å². The van der Waals surface area contributed by atoms with Crippen LogP contribution in [0, 0.1) is 17.1 Å². The van der Waals surface area contributed by atoms with E-state index in [-0.39, 0.29) is 5.82 Å². The van der Waals surface area contributed by atoms with Gasteiger partial charge < -0.3 is 5.32 Å². The summed E-state index contributed by atoms with van der Waals surface area (Å²) in [6.45, 7) is 4.83. The molecule has 2 nitrogen and oxygen atoms in total. The Kier molecular flexibility index (Phi) is 5.65. The number of benzene rings is 1. The van der Waals surface area contributed by atoms with Crippen LogP contribution in [0.15, 0.2) is 18.2 Å². The molecule has 92 valence electrons. The Balaban J connectivity index is 2.68. The largest absolute Gasteiger partial charge is 0.310 e. The fourth-order valence-electron chi connectivity index (χ4n) is 1.87. The SMILES string of the molecule is CCCC(CC)NCc1cc(F)ccc1C#N. The van der Waals surface area contributed by atoms with Crippen molar-refractivity contribution < 1.29 is 4.39 Å². The molecular formula is C14H19FN2.